The zero-order valence-electron chi connectivity index (χ0n) is 9.96. The first-order chi connectivity index (χ1) is 8.18. The number of benzene rings is 1. The molecule has 2 N–H and O–H groups in total. The van der Waals surface area contributed by atoms with Crippen LogP contribution >= 0.6 is 0 Å². The van der Waals surface area contributed by atoms with Crippen molar-refractivity contribution >= 4 is 0 Å². The SMILES string of the molecule is NC1CCCCCC1Cc1c(F)cccc1F. The van der Waals surface area contributed by atoms with Gasteiger partial charge < -0.3 is 5.73 Å². The first-order valence-electron chi connectivity index (χ1n) is 6.37. The van der Waals surface area contributed by atoms with E-state index >= 15 is 0 Å². The van der Waals surface area contributed by atoms with Crippen LogP contribution in [-0.4, -0.2) is 6.04 Å². The van der Waals surface area contributed by atoms with Crippen molar-refractivity contribution in [2.75, 3.05) is 0 Å². The minimum absolute atomic E-state index is 0.0801. The van der Waals surface area contributed by atoms with Gasteiger partial charge in [0.2, 0.25) is 0 Å². The second-order valence-electron chi connectivity index (χ2n) is 4.97. The summed E-state index contributed by atoms with van der Waals surface area (Å²) in [5, 5.41) is 0. The highest BCUT2D eigenvalue weighted by atomic mass is 19.1. The zero-order chi connectivity index (χ0) is 12.3. The topological polar surface area (TPSA) is 26.0 Å². The Morgan fingerprint density at radius 2 is 1.71 bits per heavy atom. The summed E-state index contributed by atoms with van der Waals surface area (Å²) in [5.41, 5.74) is 6.29. The molecule has 1 aromatic carbocycles. The van der Waals surface area contributed by atoms with Gasteiger partial charge in [0.25, 0.3) is 0 Å². The summed E-state index contributed by atoms with van der Waals surface area (Å²) in [6.45, 7) is 0. The van der Waals surface area contributed by atoms with Crippen molar-refractivity contribution in [3.05, 3.63) is 35.4 Å². The van der Waals surface area contributed by atoms with Gasteiger partial charge >= 0.3 is 0 Å². The van der Waals surface area contributed by atoms with Crippen LogP contribution < -0.4 is 5.73 Å². The minimum atomic E-state index is -0.443. The van der Waals surface area contributed by atoms with Crippen molar-refractivity contribution in [2.45, 2.75) is 44.6 Å². The van der Waals surface area contributed by atoms with E-state index in [1.807, 2.05) is 0 Å². The molecule has 3 heteroatoms. The fourth-order valence-corrected chi connectivity index (χ4v) is 2.66. The summed E-state index contributed by atoms with van der Waals surface area (Å²) >= 11 is 0. The van der Waals surface area contributed by atoms with Gasteiger partial charge in [-0.2, -0.15) is 0 Å². The number of hydrogen-bond acceptors (Lipinski definition) is 1. The normalized spacial score (nSPS) is 25.6. The molecule has 0 amide bonds. The smallest absolute Gasteiger partial charge is 0.129 e. The third-order valence-corrected chi connectivity index (χ3v) is 3.75. The fourth-order valence-electron chi connectivity index (χ4n) is 2.66. The lowest BCUT2D eigenvalue weighted by Gasteiger charge is -2.21. The van der Waals surface area contributed by atoms with Crippen LogP contribution in [0.25, 0.3) is 0 Å². The van der Waals surface area contributed by atoms with E-state index in [2.05, 4.69) is 0 Å². The van der Waals surface area contributed by atoms with E-state index in [1.54, 1.807) is 0 Å². The second-order valence-corrected chi connectivity index (χ2v) is 4.97. The van der Waals surface area contributed by atoms with Crippen molar-refractivity contribution in [3.63, 3.8) is 0 Å². The van der Waals surface area contributed by atoms with Crippen LogP contribution in [0, 0.1) is 17.6 Å². The highest BCUT2D eigenvalue weighted by Crippen LogP contribution is 2.27. The Bertz CT molecular complexity index is 358. The first kappa shape index (κ1) is 12.5. The summed E-state index contributed by atoms with van der Waals surface area (Å²) < 4.78 is 27.1. The standard InChI is InChI=1S/C14H19F2N/c15-12-6-4-7-13(16)11(12)9-10-5-2-1-3-8-14(10)17/h4,6-7,10,14H,1-3,5,8-9,17H2. The van der Waals surface area contributed by atoms with E-state index in [0.29, 0.717) is 6.42 Å². The summed E-state index contributed by atoms with van der Waals surface area (Å²) in [6.07, 6.45) is 5.82. The average molecular weight is 239 g/mol. The van der Waals surface area contributed by atoms with Gasteiger partial charge in [-0.15, -0.1) is 0 Å². The molecule has 2 rings (SSSR count). The monoisotopic (exact) mass is 239 g/mol. The van der Waals surface area contributed by atoms with Crippen LogP contribution in [-0.2, 0) is 6.42 Å². The van der Waals surface area contributed by atoms with Gasteiger partial charge in [0.15, 0.2) is 0 Å². The molecule has 0 saturated heterocycles. The number of rotatable bonds is 2. The molecule has 1 aliphatic carbocycles. The Labute approximate surface area is 101 Å². The molecule has 1 fully saturated rings. The number of nitrogens with two attached hydrogens (primary N) is 1. The lowest BCUT2D eigenvalue weighted by Crippen LogP contribution is -2.30. The van der Waals surface area contributed by atoms with Crippen molar-refractivity contribution in [2.24, 2.45) is 11.7 Å². The number of hydrogen-bond donors (Lipinski definition) is 1. The predicted octanol–water partition coefficient (Wildman–Crippen LogP) is 3.41. The molecule has 2 unspecified atom stereocenters. The first-order valence-corrected chi connectivity index (χ1v) is 6.37. The highest BCUT2D eigenvalue weighted by Gasteiger charge is 2.23. The van der Waals surface area contributed by atoms with E-state index < -0.39 is 11.6 Å². The Morgan fingerprint density at radius 1 is 1.06 bits per heavy atom. The average Bonchev–Trinajstić information content (AvgIpc) is 2.49. The maximum atomic E-state index is 13.6. The molecule has 1 aromatic rings. The fraction of sp³-hybridized carbons (Fsp3) is 0.571. The molecule has 94 valence electrons. The largest absolute Gasteiger partial charge is 0.327 e. The van der Waals surface area contributed by atoms with E-state index in [-0.39, 0.29) is 17.5 Å². The molecule has 0 radical (unpaired) electrons. The summed E-state index contributed by atoms with van der Waals surface area (Å²) in [7, 11) is 0. The molecular weight excluding hydrogens is 220 g/mol. The third kappa shape index (κ3) is 3.03. The van der Waals surface area contributed by atoms with E-state index in [9.17, 15) is 8.78 Å². The van der Waals surface area contributed by atoms with Crippen LogP contribution in [0.2, 0.25) is 0 Å². The van der Waals surface area contributed by atoms with Crippen molar-refractivity contribution in [1.29, 1.82) is 0 Å². The summed E-state index contributed by atoms with van der Waals surface area (Å²) in [5.74, 6) is -0.674. The Morgan fingerprint density at radius 3 is 2.41 bits per heavy atom. The minimum Gasteiger partial charge on any atom is -0.327 e. The van der Waals surface area contributed by atoms with Crippen LogP contribution in [0.5, 0.6) is 0 Å². The number of halogens is 2. The Kier molecular flexibility index (Phi) is 4.11. The van der Waals surface area contributed by atoms with Crippen LogP contribution in [0.15, 0.2) is 18.2 Å². The zero-order valence-corrected chi connectivity index (χ0v) is 9.96. The van der Waals surface area contributed by atoms with Crippen molar-refractivity contribution in [3.8, 4) is 0 Å². The van der Waals surface area contributed by atoms with Gasteiger partial charge in [0.1, 0.15) is 11.6 Å². The highest BCUT2D eigenvalue weighted by molar-refractivity contribution is 5.20. The van der Waals surface area contributed by atoms with Gasteiger partial charge in [-0.05, 0) is 37.3 Å². The summed E-state index contributed by atoms with van der Waals surface area (Å²) in [6, 6.07) is 4.12. The van der Waals surface area contributed by atoms with Gasteiger partial charge in [-0.25, -0.2) is 8.78 Å². The molecule has 17 heavy (non-hydrogen) atoms. The summed E-state index contributed by atoms with van der Waals surface area (Å²) in [4.78, 5) is 0. The van der Waals surface area contributed by atoms with Gasteiger partial charge in [0, 0.05) is 11.6 Å². The Hall–Kier alpha value is -0.960. The quantitative estimate of drug-likeness (QED) is 0.786. The molecule has 1 nitrogen and oxygen atoms in total. The maximum Gasteiger partial charge on any atom is 0.129 e. The predicted molar refractivity (Wildman–Crippen MR) is 64.6 cm³/mol. The maximum absolute atomic E-state index is 13.6. The van der Waals surface area contributed by atoms with Gasteiger partial charge in [-0.3, -0.25) is 0 Å². The molecule has 0 bridgehead atoms. The molecule has 0 heterocycles. The lowest BCUT2D eigenvalue weighted by atomic mass is 9.88. The lowest BCUT2D eigenvalue weighted by molar-refractivity contribution is 0.382. The van der Waals surface area contributed by atoms with E-state index in [4.69, 9.17) is 5.73 Å². The second kappa shape index (κ2) is 5.58. The molecular formula is C14H19F2N. The van der Waals surface area contributed by atoms with E-state index in [0.717, 1.165) is 25.7 Å². The molecule has 1 aliphatic rings. The van der Waals surface area contributed by atoms with Crippen LogP contribution in [0.3, 0.4) is 0 Å². The van der Waals surface area contributed by atoms with Crippen LogP contribution in [0.1, 0.15) is 37.7 Å². The van der Waals surface area contributed by atoms with E-state index in [1.165, 1.54) is 24.6 Å². The molecule has 2 atom stereocenters. The Balaban J connectivity index is 2.13. The molecule has 0 spiro atoms. The van der Waals surface area contributed by atoms with Gasteiger partial charge in [0.05, 0.1) is 0 Å². The van der Waals surface area contributed by atoms with Crippen molar-refractivity contribution in [1.82, 2.24) is 0 Å². The third-order valence-electron chi connectivity index (χ3n) is 3.75. The van der Waals surface area contributed by atoms with Crippen LogP contribution in [0.4, 0.5) is 8.78 Å². The van der Waals surface area contributed by atoms with Gasteiger partial charge in [-0.1, -0.05) is 25.3 Å². The molecule has 0 aliphatic heterocycles. The van der Waals surface area contributed by atoms with Crippen molar-refractivity contribution < 1.29 is 8.78 Å². The molecule has 1 saturated carbocycles. The molecule has 0 aromatic heterocycles.